The number of rotatable bonds is 5. The fraction of sp³-hybridized carbons (Fsp3) is 0.611. The Balaban J connectivity index is 1.93. The standard InChI is InChI=1S/C18H29N3O/c1-5-9-19-18(22)16(4)20-10-12-21(13-11-20)17-8-6-7-14(2)15(17)3/h6-8,16H,5,9-13H2,1-4H3,(H,19,22). The van der Waals surface area contributed by atoms with Crippen LogP contribution in [0.4, 0.5) is 5.69 Å². The van der Waals surface area contributed by atoms with Crippen molar-refractivity contribution in [3.63, 3.8) is 0 Å². The van der Waals surface area contributed by atoms with Crippen LogP contribution in [0.5, 0.6) is 0 Å². The normalized spacial score (nSPS) is 17.4. The van der Waals surface area contributed by atoms with Gasteiger partial charge in [-0.3, -0.25) is 9.69 Å². The molecule has 1 unspecified atom stereocenters. The highest BCUT2D eigenvalue weighted by atomic mass is 16.2. The lowest BCUT2D eigenvalue weighted by atomic mass is 10.1. The molecule has 1 saturated heterocycles. The van der Waals surface area contributed by atoms with Gasteiger partial charge in [0.05, 0.1) is 6.04 Å². The highest BCUT2D eigenvalue weighted by molar-refractivity contribution is 5.81. The van der Waals surface area contributed by atoms with E-state index in [1.165, 1.54) is 16.8 Å². The number of nitrogens with zero attached hydrogens (tertiary/aromatic N) is 2. The zero-order chi connectivity index (χ0) is 16.1. The summed E-state index contributed by atoms with van der Waals surface area (Å²) < 4.78 is 0. The second kappa shape index (κ2) is 7.63. The third kappa shape index (κ3) is 3.80. The lowest BCUT2D eigenvalue weighted by Gasteiger charge is -2.39. The van der Waals surface area contributed by atoms with Crippen molar-refractivity contribution in [3.05, 3.63) is 29.3 Å². The number of amides is 1. The van der Waals surface area contributed by atoms with Crippen LogP contribution in [-0.2, 0) is 4.79 Å². The molecule has 0 bridgehead atoms. The first kappa shape index (κ1) is 16.8. The summed E-state index contributed by atoms with van der Waals surface area (Å²) in [6.45, 7) is 13.1. The van der Waals surface area contributed by atoms with Crippen LogP contribution in [0.15, 0.2) is 18.2 Å². The van der Waals surface area contributed by atoms with Gasteiger partial charge in [-0.05, 0) is 44.4 Å². The largest absolute Gasteiger partial charge is 0.369 e. The molecular weight excluding hydrogens is 274 g/mol. The molecule has 22 heavy (non-hydrogen) atoms. The van der Waals surface area contributed by atoms with Crippen molar-refractivity contribution < 1.29 is 4.79 Å². The summed E-state index contributed by atoms with van der Waals surface area (Å²) in [6, 6.07) is 6.46. The lowest BCUT2D eigenvalue weighted by molar-refractivity contribution is -0.126. The quantitative estimate of drug-likeness (QED) is 0.907. The molecule has 0 spiro atoms. The molecule has 4 nitrogen and oxygen atoms in total. The zero-order valence-corrected chi connectivity index (χ0v) is 14.4. The molecule has 1 aliphatic rings. The van der Waals surface area contributed by atoms with Crippen molar-refractivity contribution in [2.45, 2.75) is 40.2 Å². The Labute approximate surface area is 134 Å². The lowest BCUT2D eigenvalue weighted by Crippen LogP contribution is -2.54. The molecule has 1 aromatic rings. The molecule has 1 fully saturated rings. The van der Waals surface area contributed by atoms with Crippen molar-refractivity contribution in [1.82, 2.24) is 10.2 Å². The molecule has 1 aliphatic heterocycles. The monoisotopic (exact) mass is 303 g/mol. The van der Waals surface area contributed by atoms with E-state index in [-0.39, 0.29) is 11.9 Å². The van der Waals surface area contributed by atoms with Crippen molar-refractivity contribution in [2.24, 2.45) is 0 Å². The third-order valence-corrected chi connectivity index (χ3v) is 4.71. The maximum absolute atomic E-state index is 12.1. The Morgan fingerprint density at radius 1 is 1.23 bits per heavy atom. The van der Waals surface area contributed by atoms with Crippen LogP contribution in [0.25, 0.3) is 0 Å². The van der Waals surface area contributed by atoms with Crippen molar-refractivity contribution in [2.75, 3.05) is 37.6 Å². The fourth-order valence-electron chi connectivity index (χ4n) is 2.99. The minimum absolute atomic E-state index is 0.0349. The highest BCUT2D eigenvalue weighted by Crippen LogP contribution is 2.24. The fourth-order valence-corrected chi connectivity index (χ4v) is 2.99. The van der Waals surface area contributed by atoms with Crippen LogP contribution < -0.4 is 10.2 Å². The van der Waals surface area contributed by atoms with Crippen LogP contribution in [0.3, 0.4) is 0 Å². The van der Waals surface area contributed by atoms with Gasteiger partial charge in [0.25, 0.3) is 0 Å². The van der Waals surface area contributed by atoms with Gasteiger partial charge in [-0.2, -0.15) is 0 Å². The highest BCUT2D eigenvalue weighted by Gasteiger charge is 2.25. The van der Waals surface area contributed by atoms with E-state index in [0.717, 1.165) is 39.1 Å². The minimum Gasteiger partial charge on any atom is -0.369 e. The number of aryl methyl sites for hydroxylation is 1. The summed E-state index contributed by atoms with van der Waals surface area (Å²) in [7, 11) is 0. The minimum atomic E-state index is -0.0349. The Bertz CT molecular complexity index is 507. The summed E-state index contributed by atoms with van der Waals surface area (Å²) >= 11 is 0. The predicted molar refractivity (Wildman–Crippen MR) is 92.5 cm³/mol. The van der Waals surface area contributed by atoms with Crippen LogP contribution in [0.2, 0.25) is 0 Å². The van der Waals surface area contributed by atoms with E-state index < -0.39 is 0 Å². The molecule has 1 atom stereocenters. The molecule has 0 aliphatic carbocycles. The maximum atomic E-state index is 12.1. The van der Waals surface area contributed by atoms with Crippen molar-refractivity contribution >= 4 is 11.6 Å². The molecule has 1 heterocycles. The molecule has 1 amide bonds. The van der Waals surface area contributed by atoms with E-state index in [0.29, 0.717) is 0 Å². The third-order valence-electron chi connectivity index (χ3n) is 4.71. The summed E-state index contributed by atoms with van der Waals surface area (Å²) in [6.07, 6.45) is 0.985. The molecule has 0 radical (unpaired) electrons. The maximum Gasteiger partial charge on any atom is 0.237 e. The Hall–Kier alpha value is -1.55. The van der Waals surface area contributed by atoms with E-state index >= 15 is 0 Å². The van der Waals surface area contributed by atoms with Crippen LogP contribution in [0.1, 0.15) is 31.4 Å². The Kier molecular flexibility index (Phi) is 5.83. The average Bonchev–Trinajstić information content (AvgIpc) is 2.54. The van der Waals surface area contributed by atoms with Crippen LogP contribution in [-0.4, -0.2) is 49.6 Å². The van der Waals surface area contributed by atoms with Crippen LogP contribution in [0, 0.1) is 13.8 Å². The van der Waals surface area contributed by atoms with Gasteiger partial charge in [0.15, 0.2) is 0 Å². The van der Waals surface area contributed by atoms with Gasteiger partial charge in [-0.25, -0.2) is 0 Å². The summed E-state index contributed by atoms with van der Waals surface area (Å²) in [5.74, 6) is 0.155. The second-order valence-electron chi connectivity index (χ2n) is 6.21. The van der Waals surface area contributed by atoms with Crippen molar-refractivity contribution in [3.8, 4) is 0 Å². The summed E-state index contributed by atoms with van der Waals surface area (Å²) in [5, 5.41) is 2.99. The van der Waals surface area contributed by atoms with Gasteiger partial charge in [-0.1, -0.05) is 19.1 Å². The molecule has 2 rings (SSSR count). The average molecular weight is 303 g/mol. The van der Waals surface area contributed by atoms with E-state index in [2.05, 4.69) is 54.1 Å². The molecule has 1 N–H and O–H groups in total. The Morgan fingerprint density at radius 2 is 1.91 bits per heavy atom. The van der Waals surface area contributed by atoms with E-state index in [1.807, 2.05) is 6.92 Å². The number of nitrogens with one attached hydrogen (secondary N) is 1. The smallest absolute Gasteiger partial charge is 0.237 e. The molecule has 0 aromatic heterocycles. The van der Waals surface area contributed by atoms with E-state index in [9.17, 15) is 4.79 Å². The van der Waals surface area contributed by atoms with Crippen LogP contribution >= 0.6 is 0 Å². The topological polar surface area (TPSA) is 35.6 Å². The molecule has 1 aromatic carbocycles. The first-order valence-corrected chi connectivity index (χ1v) is 8.37. The number of piperazine rings is 1. The molecule has 122 valence electrons. The number of benzene rings is 1. The van der Waals surface area contributed by atoms with Gasteiger partial charge in [0, 0.05) is 38.4 Å². The molecular formula is C18H29N3O. The SMILES string of the molecule is CCCNC(=O)C(C)N1CCN(c2cccc(C)c2C)CC1. The second-order valence-corrected chi connectivity index (χ2v) is 6.21. The number of carbonyl (C=O) groups excluding carboxylic acids is 1. The predicted octanol–water partition coefficient (Wildman–Crippen LogP) is 2.34. The molecule has 0 saturated carbocycles. The first-order valence-electron chi connectivity index (χ1n) is 8.37. The zero-order valence-electron chi connectivity index (χ0n) is 14.4. The van der Waals surface area contributed by atoms with Gasteiger partial charge in [-0.15, -0.1) is 0 Å². The first-order chi connectivity index (χ1) is 10.5. The van der Waals surface area contributed by atoms with Crippen molar-refractivity contribution in [1.29, 1.82) is 0 Å². The number of hydrogen-bond donors (Lipinski definition) is 1. The summed E-state index contributed by atoms with van der Waals surface area (Å²) in [5.41, 5.74) is 4.04. The van der Waals surface area contributed by atoms with Gasteiger partial charge < -0.3 is 10.2 Å². The number of hydrogen-bond acceptors (Lipinski definition) is 3. The van der Waals surface area contributed by atoms with Gasteiger partial charge in [0.1, 0.15) is 0 Å². The Morgan fingerprint density at radius 3 is 2.55 bits per heavy atom. The number of carbonyl (C=O) groups is 1. The molecule has 4 heteroatoms. The van der Waals surface area contributed by atoms with Gasteiger partial charge >= 0.3 is 0 Å². The van der Waals surface area contributed by atoms with E-state index in [1.54, 1.807) is 0 Å². The number of anilines is 1. The summed E-state index contributed by atoms with van der Waals surface area (Å²) in [4.78, 5) is 16.8. The van der Waals surface area contributed by atoms with Gasteiger partial charge in [0.2, 0.25) is 5.91 Å². The van der Waals surface area contributed by atoms with E-state index in [4.69, 9.17) is 0 Å².